The van der Waals surface area contributed by atoms with Gasteiger partial charge in [0, 0.05) is 11.8 Å². The molecule has 0 aromatic heterocycles. The lowest BCUT2D eigenvalue weighted by Gasteiger charge is -2.09. The van der Waals surface area contributed by atoms with Gasteiger partial charge in [-0.15, -0.1) is 0 Å². The molecular formula is C9H6F3O3S. The van der Waals surface area contributed by atoms with Crippen molar-refractivity contribution < 1.29 is 26.4 Å². The van der Waals surface area contributed by atoms with Gasteiger partial charge in [0.05, 0.1) is 10.5 Å². The van der Waals surface area contributed by atoms with E-state index >= 15 is 0 Å². The fraction of sp³-hybridized carbons (Fsp3) is 0.222. The van der Waals surface area contributed by atoms with Crippen LogP contribution in [0.5, 0.6) is 0 Å². The fourth-order valence-corrected chi connectivity index (χ4v) is 1.94. The highest BCUT2D eigenvalue weighted by Crippen LogP contribution is 2.31. The van der Waals surface area contributed by atoms with Crippen LogP contribution in [0.2, 0.25) is 0 Å². The molecule has 16 heavy (non-hydrogen) atoms. The Morgan fingerprint density at radius 2 is 1.81 bits per heavy atom. The summed E-state index contributed by atoms with van der Waals surface area (Å²) < 4.78 is 59.2. The smallest absolute Gasteiger partial charge is 0.285 e. The molecule has 0 aliphatic heterocycles. The van der Waals surface area contributed by atoms with E-state index < -0.39 is 32.0 Å². The Hall–Kier alpha value is -1.37. The molecule has 0 aliphatic carbocycles. The van der Waals surface area contributed by atoms with Crippen LogP contribution in [0.1, 0.15) is 11.1 Å². The number of rotatable bonds is 2. The number of hydrogen-bond donors (Lipinski definition) is 0. The van der Waals surface area contributed by atoms with Crippen molar-refractivity contribution in [2.75, 3.05) is 6.26 Å². The average molecular weight is 251 g/mol. The summed E-state index contributed by atoms with van der Waals surface area (Å²) in [6.45, 7) is 0. The lowest BCUT2D eigenvalue weighted by atomic mass is 10.1. The summed E-state index contributed by atoms with van der Waals surface area (Å²) >= 11 is 0. The van der Waals surface area contributed by atoms with E-state index in [0.717, 1.165) is 12.3 Å². The number of alkyl halides is 3. The van der Waals surface area contributed by atoms with Crippen molar-refractivity contribution in [3.05, 3.63) is 29.3 Å². The third-order valence-electron chi connectivity index (χ3n) is 1.82. The van der Waals surface area contributed by atoms with Crippen LogP contribution in [0.3, 0.4) is 0 Å². The highest BCUT2D eigenvalue weighted by molar-refractivity contribution is 7.90. The number of halogens is 3. The van der Waals surface area contributed by atoms with Crippen LogP contribution >= 0.6 is 0 Å². The maximum absolute atomic E-state index is 12.3. The van der Waals surface area contributed by atoms with Gasteiger partial charge in [-0.3, -0.25) is 4.79 Å². The highest BCUT2D eigenvalue weighted by atomic mass is 32.2. The van der Waals surface area contributed by atoms with E-state index in [-0.39, 0.29) is 0 Å². The molecular weight excluding hydrogens is 245 g/mol. The topological polar surface area (TPSA) is 51.2 Å². The Morgan fingerprint density at radius 1 is 1.25 bits per heavy atom. The second kappa shape index (κ2) is 3.89. The van der Waals surface area contributed by atoms with Crippen molar-refractivity contribution >= 4 is 16.1 Å². The van der Waals surface area contributed by atoms with E-state index in [9.17, 15) is 26.4 Å². The molecule has 0 fully saturated rings. The van der Waals surface area contributed by atoms with Gasteiger partial charge in [-0.05, 0) is 18.2 Å². The van der Waals surface area contributed by atoms with Crippen molar-refractivity contribution in [3.63, 3.8) is 0 Å². The van der Waals surface area contributed by atoms with Crippen molar-refractivity contribution in [3.8, 4) is 0 Å². The molecule has 0 heterocycles. The second-order valence-electron chi connectivity index (χ2n) is 3.08. The normalized spacial score (nSPS) is 12.5. The lowest BCUT2D eigenvalue weighted by molar-refractivity contribution is -0.137. The molecule has 1 aromatic rings. The first-order chi connectivity index (χ1) is 7.16. The van der Waals surface area contributed by atoms with Crippen LogP contribution in [0, 0.1) is 0 Å². The monoisotopic (exact) mass is 251 g/mol. The number of benzene rings is 1. The van der Waals surface area contributed by atoms with Crippen LogP contribution in [-0.2, 0) is 20.8 Å². The van der Waals surface area contributed by atoms with Gasteiger partial charge in [-0.1, -0.05) is 0 Å². The van der Waals surface area contributed by atoms with Gasteiger partial charge in [0.15, 0.2) is 9.84 Å². The molecule has 0 unspecified atom stereocenters. The van der Waals surface area contributed by atoms with Gasteiger partial charge in [0.2, 0.25) is 6.29 Å². The predicted molar refractivity (Wildman–Crippen MR) is 49.3 cm³/mol. The molecule has 0 atom stereocenters. The molecule has 1 radical (unpaired) electrons. The van der Waals surface area contributed by atoms with Gasteiger partial charge < -0.3 is 0 Å². The van der Waals surface area contributed by atoms with E-state index in [4.69, 9.17) is 0 Å². The first kappa shape index (κ1) is 12.7. The van der Waals surface area contributed by atoms with Crippen molar-refractivity contribution in [1.29, 1.82) is 0 Å². The first-order valence-corrected chi connectivity index (χ1v) is 5.85. The first-order valence-electron chi connectivity index (χ1n) is 3.95. The van der Waals surface area contributed by atoms with E-state index in [1.807, 2.05) is 0 Å². The molecule has 0 saturated heterocycles. The van der Waals surface area contributed by atoms with Gasteiger partial charge in [-0.25, -0.2) is 8.42 Å². The minimum absolute atomic E-state index is 0.407. The minimum Gasteiger partial charge on any atom is -0.285 e. The molecule has 0 spiro atoms. The number of carbonyl (C=O) groups excluding carboxylic acids is 1. The van der Waals surface area contributed by atoms with E-state index in [1.165, 1.54) is 6.29 Å². The van der Waals surface area contributed by atoms with Gasteiger partial charge in [0.1, 0.15) is 0 Å². The summed E-state index contributed by atoms with van der Waals surface area (Å²) in [6.07, 6.45) is -2.64. The molecule has 0 saturated carbocycles. The summed E-state index contributed by atoms with van der Waals surface area (Å²) in [5.74, 6) is 0. The molecule has 0 N–H and O–H groups in total. The number of hydrogen-bond acceptors (Lipinski definition) is 3. The molecule has 7 heteroatoms. The predicted octanol–water partition coefficient (Wildman–Crippen LogP) is 1.57. The Kier molecular flexibility index (Phi) is 3.09. The lowest BCUT2D eigenvalue weighted by Crippen LogP contribution is -2.09. The Bertz CT molecular complexity index is 517. The molecule has 0 aliphatic rings. The number of sulfone groups is 1. The van der Waals surface area contributed by atoms with Crippen LogP contribution in [0.4, 0.5) is 13.2 Å². The maximum Gasteiger partial charge on any atom is 0.416 e. The summed E-state index contributed by atoms with van der Waals surface area (Å²) in [4.78, 5) is 9.70. The van der Waals surface area contributed by atoms with Gasteiger partial charge >= 0.3 is 6.18 Å². The van der Waals surface area contributed by atoms with E-state index in [0.29, 0.717) is 12.1 Å². The largest absolute Gasteiger partial charge is 0.416 e. The summed E-state index contributed by atoms with van der Waals surface area (Å²) in [6, 6.07) is 1.84. The van der Waals surface area contributed by atoms with E-state index in [2.05, 4.69) is 0 Å². The zero-order valence-corrected chi connectivity index (χ0v) is 8.82. The molecule has 1 aromatic carbocycles. The quantitative estimate of drug-likeness (QED) is 0.801. The SMILES string of the molecule is CS(=O)(=O)c1cc(C(F)(F)F)ccc1[C]=O. The second-order valence-corrected chi connectivity index (χ2v) is 5.07. The summed E-state index contributed by atoms with van der Waals surface area (Å²) in [5.41, 5.74) is -1.53. The third kappa shape index (κ3) is 2.60. The molecule has 87 valence electrons. The highest BCUT2D eigenvalue weighted by Gasteiger charge is 2.32. The zero-order chi connectivity index (χ0) is 12.6. The van der Waals surface area contributed by atoms with E-state index in [1.54, 1.807) is 0 Å². The average Bonchev–Trinajstić information content (AvgIpc) is 2.14. The fourth-order valence-electron chi connectivity index (χ4n) is 1.09. The van der Waals surface area contributed by atoms with Crippen molar-refractivity contribution in [2.24, 2.45) is 0 Å². The van der Waals surface area contributed by atoms with Crippen LogP contribution in [0.25, 0.3) is 0 Å². The van der Waals surface area contributed by atoms with Gasteiger partial charge in [0.25, 0.3) is 0 Å². The van der Waals surface area contributed by atoms with Crippen LogP contribution in [-0.4, -0.2) is 21.0 Å². The molecule has 0 amide bonds. The maximum atomic E-state index is 12.3. The molecule has 0 bridgehead atoms. The molecule has 1 rings (SSSR count). The standard InChI is InChI=1S/C9H6F3O3S/c1-16(14,15)8-4-7(9(10,11)12)3-2-6(8)5-13/h2-4H,1H3. The zero-order valence-electron chi connectivity index (χ0n) is 8.00. The van der Waals surface area contributed by atoms with Gasteiger partial charge in [-0.2, -0.15) is 13.2 Å². The third-order valence-corrected chi connectivity index (χ3v) is 2.96. The summed E-state index contributed by atoms with van der Waals surface area (Å²) in [7, 11) is -3.89. The Labute approximate surface area is 89.8 Å². The molecule has 3 nitrogen and oxygen atoms in total. The Morgan fingerprint density at radius 3 is 2.19 bits per heavy atom. The van der Waals surface area contributed by atoms with Crippen LogP contribution in [0.15, 0.2) is 23.1 Å². The minimum atomic E-state index is -4.65. The summed E-state index contributed by atoms with van der Waals surface area (Å²) in [5, 5.41) is 0. The Balaban J connectivity index is 3.52. The van der Waals surface area contributed by atoms with Crippen molar-refractivity contribution in [1.82, 2.24) is 0 Å². The van der Waals surface area contributed by atoms with Crippen LogP contribution < -0.4 is 0 Å². The van der Waals surface area contributed by atoms with Crippen molar-refractivity contribution in [2.45, 2.75) is 11.1 Å².